The van der Waals surface area contributed by atoms with Crippen LogP contribution in [0.25, 0.3) is 0 Å². The van der Waals surface area contributed by atoms with E-state index in [1.165, 1.54) is 6.07 Å². The van der Waals surface area contributed by atoms with Crippen LogP contribution in [0.15, 0.2) is 18.2 Å². The molecule has 108 valence electrons. The van der Waals surface area contributed by atoms with E-state index in [2.05, 4.69) is 13.8 Å². The van der Waals surface area contributed by atoms with Gasteiger partial charge in [-0.15, -0.1) is 0 Å². The van der Waals surface area contributed by atoms with Crippen LogP contribution in [-0.4, -0.2) is 18.2 Å². The summed E-state index contributed by atoms with van der Waals surface area (Å²) in [5, 5.41) is 0.400. The molecule has 0 fully saturated rings. The predicted octanol–water partition coefficient (Wildman–Crippen LogP) is 3.94. The topological polar surface area (TPSA) is 35.2 Å². The zero-order valence-corrected chi connectivity index (χ0v) is 12.6. The molecular formula is C15H23ClFNO. The molecule has 0 radical (unpaired) electrons. The van der Waals surface area contributed by atoms with E-state index in [0.29, 0.717) is 23.6 Å². The molecule has 0 saturated heterocycles. The van der Waals surface area contributed by atoms with Crippen molar-refractivity contribution < 1.29 is 9.13 Å². The van der Waals surface area contributed by atoms with Crippen LogP contribution in [0.5, 0.6) is 0 Å². The molecule has 0 aromatic heterocycles. The Morgan fingerprint density at radius 2 is 1.95 bits per heavy atom. The number of hydrogen-bond donors (Lipinski definition) is 1. The van der Waals surface area contributed by atoms with Crippen LogP contribution in [0.3, 0.4) is 0 Å². The highest BCUT2D eigenvalue weighted by Crippen LogP contribution is 2.27. The first-order valence-electron chi connectivity index (χ1n) is 6.82. The minimum atomic E-state index is -0.388. The van der Waals surface area contributed by atoms with Gasteiger partial charge in [-0.25, -0.2) is 4.39 Å². The molecule has 1 atom stereocenters. The Morgan fingerprint density at radius 1 is 1.32 bits per heavy atom. The largest absolute Gasteiger partial charge is 0.374 e. The average Bonchev–Trinajstić information content (AvgIpc) is 2.39. The third kappa shape index (κ3) is 3.91. The van der Waals surface area contributed by atoms with Gasteiger partial charge in [-0.1, -0.05) is 31.5 Å². The lowest BCUT2D eigenvalue weighted by Crippen LogP contribution is -2.50. The van der Waals surface area contributed by atoms with Gasteiger partial charge < -0.3 is 10.5 Å². The molecule has 0 aliphatic rings. The Bertz CT molecular complexity index is 407. The third-order valence-electron chi connectivity index (χ3n) is 3.76. The third-order valence-corrected chi connectivity index (χ3v) is 3.99. The van der Waals surface area contributed by atoms with Crippen LogP contribution in [0.1, 0.15) is 39.2 Å². The molecule has 1 aromatic carbocycles. The van der Waals surface area contributed by atoms with Gasteiger partial charge in [0.25, 0.3) is 0 Å². The van der Waals surface area contributed by atoms with E-state index in [9.17, 15) is 4.39 Å². The van der Waals surface area contributed by atoms with Crippen molar-refractivity contribution in [2.24, 2.45) is 5.73 Å². The Morgan fingerprint density at radius 3 is 2.42 bits per heavy atom. The van der Waals surface area contributed by atoms with Crippen LogP contribution in [0.2, 0.25) is 5.02 Å². The Balaban J connectivity index is 2.89. The molecule has 0 aliphatic carbocycles. The lowest BCUT2D eigenvalue weighted by Gasteiger charge is -2.37. The SMILES string of the molecule is CCOC(CC)(CC)C(N)Cc1ccc(Cl)cc1F. The standard InChI is InChI=1S/C15H23ClFNO/c1-4-15(5-2,19-6-3)14(18)9-11-7-8-12(16)10-13(11)17/h7-8,10,14H,4-6,9,18H2,1-3H3. The van der Waals surface area contributed by atoms with Gasteiger partial charge in [0.2, 0.25) is 0 Å². The van der Waals surface area contributed by atoms with Gasteiger partial charge in [0.1, 0.15) is 5.82 Å². The van der Waals surface area contributed by atoms with E-state index < -0.39 is 0 Å². The molecule has 0 spiro atoms. The maximum atomic E-state index is 13.8. The predicted molar refractivity (Wildman–Crippen MR) is 78.0 cm³/mol. The number of rotatable bonds is 7. The van der Waals surface area contributed by atoms with Gasteiger partial charge >= 0.3 is 0 Å². The summed E-state index contributed by atoms with van der Waals surface area (Å²) in [6, 6.07) is 4.47. The van der Waals surface area contributed by atoms with Gasteiger partial charge in [-0.2, -0.15) is 0 Å². The van der Waals surface area contributed by atoms with Crippen molar-refractivity contribution in [1.29, 1.82) is 0 Å². The molecule has 4 heteroatoms. The lowest BCUT2D eigenvalue weighted by atomic mass is 9.85. The second-order valence-electron chi connectivity index (χ2n) is 4.75. The Kier molecular flexibility index (Phi) is 6.24. The van der Waals surface area contributed by atoms with E-state index in [1.54, 1.807) is 12.1 Å². The fourth-order valence-corrected chi connectivity index (χ4v) is 2.64. The summed E-state index contributed by atoms with van der Waals surface area (Å²) in [7, 11) is 0. The summed E-state index contributed by atoms with van der Waals surface area (Å²) >= 11 is 5.75. The highest BCUT2D eigenvalue weighted by molar-refractivity contribution is 6.30. The molecule has 19 heavy (non-hydrogen) atoms. The molecule has 1 unspecified atom stereocenters. The second kappa shape index (κ2) is 7.22. The molecule has 2 nitrogen and oxygen atoms in total. The van der Waals surface area contributed by atoms with Crippen molar-refractivity contribution in [2.75, 3.05) is 6.61 Å². The van der Waals surface area contributed by atoms with E-state index in [-0.39, 0.29) is 17.5 Å². The normalized spacial score (nSPS) is 13.6. The number of nitrogens with two attached hydrogens (primary N) is 1. The van der Waals surface area contributed by atoms with Crippen LogP contribution in [-0.2, 0) is 11.2 Å². The van der Waals surface area contributed by atoms with Crippen molar-refractivity contribution in [1.82, 2.24) is 0 Å². The van der Waals surface area contributed by atoms with E-state index >= 15 is 0 Å². The fourth-order valence-electron chi connectivity index (χ4n) is 2.48. The minimum Gasteiger partial charge on any atom is -0.374 e. The van der Waals surface area contributed by atoms with Crippen LogP contribution in [0.4, 0.5) is 4.39 Å². The lowest BCUT2D eigenvalue weighted by molar-refractivity contribution is -0.0634. The van der Waals surface area contributed by atoms with Crippen molar-refractivity contribution >= 4 is 11.6 Å². The smallest absolute Gasteiger partial charge is 0.127 e. The molecule has 2 N–H and O–H groups in total. The molecule has 0 amide bonds. The highest BCUT2D eigenvalue weighted by atomic mass is 35.5. The number of benzene rings is 1. The zero-order chi connectivity index (χ0) is 14.5. The van der Waals surface area contributed by atoms with Gasteiger partial charge in [-0.3, -0.25) is 0 Å². The van der Waals surface area contributed by atoms with Crippen molar-refractivity contribution in [2.45, 2.75) is 51.7 Å². The molecular weight excluding hydrogens is 265 g/mol. The van der Waals surface area contributed by atoms with E-state index in [4.69, 9.17) is 22.1 Å². The number of hydrogen-bond acceptors (Lipinski definition) is 2. The quantitative estimate of drug-likeness (QED) is 0.824. The van der Waals surface area contributed by atoms with Crippen molar-refractivity contribution in [3.05, 3.63) is 34.6 Å². The van der Waals surface area contributed by atoms with Crippen molar-refractivity contribution in [3.8, 4) is 0 Å². The monoisotopic (exact) mass is 287 g/mol. The molecule has 0 heterocycles. The molecule has 1 aromatic rings. The molecule has 0 saturated carbocycles. The number of halogens is 2. The first-order chi connectivity index (χ1) is 8.99. The summed E-state index contributed by atoms with van der Waals surface area (Å²) in [6.45, 7) is 6.67. The van der Waals surface area contributed by atoms with Crippen LogP contribution < -0.4 is 5.73 Å². The summed E-state index contributed by atoms with van der Waals surface area (Å²) in [5.74, 6) is -0.305. The van der Waals surface area contributed by atoms with Crippen LogP contribution in [0, 0.1) is 5.82 Å². The van der Waals surface area contributed by atoms with Crippen molar-refractivity contribution in [3.63, 3.8) is 0 Å². The summed E-state index contributed by atoms with van der Waals surface area (Å²) in [4.78, 5) is 0. The Hall–Kier alpha value is -0.640. The number of ether oxygens (including phenoxy) is 1. The minimum absolute atomic E-state index is 0.238. The van der Waals surface area contributed by atoms with E-state index in [1.807, 2.05) is 6.92 Å². The van der Waals surface area contributed by atoms with Gasteiger partial charge in [0, 0.05) is 17.7 Å². The van der Waals surface area contributed by atoms with E-state index in [0.717, 1.165) is 12.8 Å². The highest BCUT2D eigenvalue weighted by Gasteiger charge is 2.34. The zero-order valence-electron chi connectivity index (χ0n) is 11.9. The first kappa shape index (κ1) is 16.4. The average molecular weight is 288 g/mol. The molecule has 0 aliphatic heterocycles. The van der Waals surface area contributed by atoms with Gasteiger partial charge in [0.05, 0.1) is 5.60 Å². The maximum absolute atomic E-state index is 13.8. The van der Waals surface area contributed by atoms with Crippen LogP contribution >= 0.6 is 11.6 Å². The summed E-state index contributed by atoms with van der Waals surface area (Å²) < 4.78 is 19.7. The summed E-state index contributed by atoms with van der Waals surface area (Å²) in [5.41, 5.74) is 6.47. The molecule has 1 rings (SSSR count). The molecule has 0 bridgehead atoms. The maximum Gasteiger partial charge on any atom is 0.127 e. The Labute approximate surface area is 120 Å². The first-order valence-corrected chi connectivity index (χ1v) is 7.20. The van der Waals surface area contributed by atoms with Gasteiger partial charge in [0.15, 0.2) is 0 Å². The van der Waals surface area contributed by atoms with Gasteiger partial charge in [-0.05, 0) is 43.9 Å². The fraction of sp³-hybridized carbons (Fsp3) is 0.600. The second-order valence-corrected chi connectivity index (χ2v) is 5.19. The summed E-state index contributed by atoms with van der Waals surface area (Å²) in [6.07, 6.45) is 2.08.